The summed E-state index contributed by atoms with van der Waals surface area (Å²) in [5.41, 5.74) is 0. The van der Waals surface area contributed by atoms with Gasteiger partial charge in [-0.25, -0.2) is 0 Å². The highest BCUT2D eigenvalue weighted by molar-refractivity contribution is 4.92. The third kappa shape index (κ3) is 2.46. The molecule has 1 saturated heterocycles. The molecule has 1 aliphatic carbocycles. The second-order valence-corrected chi connectivity index (χ2v) is 4.38. The van der Waals surface area contributed by atoms with E-state index in [4.69, 9.17) is 5.26 Å². The van der Waals surface area contributed by atoms with Crippen LogP contribution < -0.4 is 5.32 Å². The van der Waals surface area contributed by atoms with Gasteiger partial charge < -0.3 is 5.32 Å². The lowest BCUT2D eigenvalue weighted by molar-refractivity contribution is 0.160. The van der Waals surface area contributed by atoms with E-state index < -0.39 is 0 Å². The lowest BCUT2D eigenvalue weighted by atomic mass is 10.1. The van der Waals surface area contributed by atoms with Gasteiger partial charge in [-0.15, -0.1) is 0 Å². The Bertz CT molecular complexity index is 211. The van der Waals surface area contributed by atoms with Gasteiger partial charge >= 0.3 is 0 Å². The van der Waals surface area contributed by atoms with Crippen LogP contribution in [0.3, 0.4) is 0 Å². The Labute approximate surface area is 86.1 Å². The normalized spacial score (nSPS) is 27.6. The summed E-state index contributed by atoms with van der Waals surface area (Å²) in [4.78, 5) is 2.56. The number of nitrogens with one attached hydrogen (secondary N) is 1. The summed E-state index contributed by atoms with van der Waals surface area (Å²) in [6.07, 6.45) is 5.99. The molecule has 2 rings (SSSR count). The molecule has 3 nitrogen and oxygen atoms in total. The lowest BCUT2D eigenvalue weighted by Gasteiger charge is -2.34. The number of rotatable bonds is 4. The zero-order valence-corrected chi connectivity index (χ0v) is 8.71. The van der Waals surface area contributed by atoms with Crippen LogP contribution in [0.5, 0.6) is 0 Å². The summed E-state index contributed by atoms with van der Waals surface area (Å²) >= 11 is 0. The van der Waals surface area contributed by atoms with Gasteiger partial charge in [0.25, 0.3) is 0 Å². The maximum absolute atomic E-state index is 8.62. The standard InChI is InChI=1S/C11H19N3/c12-6-2-8-14(10-4-5-10)11-3-1-7-13-9-11/h10-11,13H,1-5,7-9H2. The second kappa shape index (κ2) is 4.77. The van der Waals surface area contributed by atoms with E-state index in [1.807, 2.05) is 0 Å². The zero-order valence-electron chi connectivity index (χ0n) is 8.71. The molecule has 0 aromatic heterocycles. The molecule has 0 radical (unpaired) electrons. The molecular weight excluding hydrogens is 174 g/mol. The highest BCUT2D eigenvalue weighted by Crippen LogP contribution is 2.30. The van der Waals surface area contributed by atoms with E-state index in [0.29, 0.717) is 12.5 Å². The van der Waals surface area contributed by atoms with Crippen molar-refractivity contribution >= 4 is 0 Å². The smallest absolute Gasteiger partial charge is 0.0635 e. The van der Waals surface area contributed by atoms with Crippen molar-refractivity contribution in [1.29, 1.82) is 5.26 Å². The van der Waals surface area contributed by atoms with E-state index in [1.165, 1.54) is 32.2 Å². The van der Waals surface area contributed by atoms with Crippen molar-refractivity contribution in [1.82, 2.24) is 10.2 Å². The van der Waals surface area contributed by atoms with Crippen LogP contribution in [-0.2, 0) is 0 Å². The molecule has 0 amide bonds. The molecule has 2 fully saturated rings. The maximum Gasteiger partial charge on any atom is 0.0635 e. The largest absolute Gasteiger partial charge is 0.315 e. The summed E-state index contributed by atoms with van der Waals surface area (Å²) in [7, 11) is 0. The van der Waals surface area contributed by atoms with Crippen molar-refractivity contribution < 1.29 is 0 Å². The van der Waals surface area contributed by atoms with E-state index in [-0.39, 0.29) is 0 Å². The Hall–Kier alpha value is -0.590. The van der Waals surface area contributed by atoms with E-state index >= 15 is 0 Å². The molecule has 2 aliphatic rings. The monoisotopic (exact) mass is 193 g/mol. The van der Waals surface area contributed by atoms with Crippen molar-refractivity contribution in [2.24, 2.45) is 0 Å². The van der Waals surface area contributed by atoms with Crippen molar-refractivity contribution in [3.8, 4) is 6.07 Å². The minimum Gasteiger partial charge on any atom is -0.315 e. The first kappa shape index (κ1) is 9.95. The van der Waals surface area contributed by atoms with Gasteiger partial charge in [-0.1, -0.05) is 0 Å². The molecule has 78 valence electrons. The Morgan fingerprint density at radius 3 is 2.71 bits per heavy atom. The summed E-state index contributed by atoms with van der Waals surface area (Å²) in [6, 6.07) is 3.76. The molecule has 3 heteroatoms. The van der Waals surface area contributed by atoms with Gasteiger partial charge in [-0.05, 0) is 32.2 Å². The first-order valence-corrected chi connectivity index (χ1v) is 5.75. The third-order valence-electron chi connectivity index (χ3n) is 3.24. The number of nitrogens with zero attached hydrogens (tertiary/aromatic N) is 2. The minimum atomic E-state index is 0.687. The quantitative estimate of drug-likeness (QED) is 0.727. The van der Waals surface area contributed by atoms with Crippen LogP contribution in [0, 0.1) is 11.3 Å². The molecule has 1 aliphatic heterocycles. The van der Waals surface area contributed by atoms with Gasteiger partial charge in [0.2, 0.25) is 0 Å². The SMILES string of the molecule is N#CCCN(C1CC1)C1CCCNC1. The second-order valence-electron chi connectivity index (χ2n) is 4.38. The van der Waals surface area contributed by atoms with Crippen molar-refractivity contribution in [3.63, 3.8) is 0 Å². The molecule has 1 unspecified atom stereocenters. The van der Waals surface area contributed by atoms with Crippen LogP contribution in [0.2, 0.25) is 0 Å². The van der Waals surface area contributed by atoms with E-state index in [2.05, 4.69) is 16.3 Å². The van der Waals surface area contributed by atoms with E-state index in [1.54, 1.807) is 0 Å². The predicted molar refractivity (Wildman–Crippen MR) is 55.8 cm³/mol. The fraction of sp³-hybridized carbons (Fsp3) is 0.909. The van der Waals surface area contributed by atoms with Crippen molar-refractivity contribution in [2.75, 3.05) is 19.6 Å². The Kier molecular flexibility index (Phi) is 3.39. The molecule has 1 N–H and O–H groups in total. The number of hydrogen-bond donors (Lipinski definition) is 1. The first-order valence-electron chi connectivity index (χ1n) is 5.75. The van der Waals surface area contributed by atoms with Crippen LogP contribution in [-0.4, -0.2) is 36.6 Å². The minimum absolute atomic E-state index is 0.687. The van der Waals surface area contributed by atoms with Crippen LogP contribution in [0.25, 0.3) is 0 Å². The van der Waals surface area contributed by atoms with Crippen LogP contribution in [0.15, 0.2) is 0 Å². The number of nitriles is 1. The van der Waals surface area contributed by atoms with Gasteiger partial charge in [0.05, 0.1) is 6.07 Å². The van der Waals surface area contributed by atoms with Gasteiger partial charge in [-0.2, -0.15) is 5.26 Å². The molecular formula is C11H19N3. The lowest BCUT2D eigenvalue weighted by Crippen LogP contribution is -2.47. The van der Waals surface area contributed by atoms with E-state index in [0.717, 1.165) is 19.1 Å². The third-order valence-corrected chi connectivity index (χ3v) is 3.24. The van der Waals surface area contributed by atoms with E-state index in [9.17, 15) is 0 Å². The van der Waals surface area contributed by atoms with Crippen LogP contribution in [0.4, 0.5) is 0 Å². The van der Waals surface area contributed by atoms with Crippen LogP contribution in [0.1, 0.15) is 32.1 Å². The summed E-state index contributed by atoms with van der Waals surface area (Å²) in [5, 5.41) is 12.1. The summed E-state index contributed by atoms with van der Waals surface area (Å²) in [5.74, 6) is 0. The highest BCUT2D eigenvalue weighted by atomic mass is 15.2. The molecule has 1 saturated carbocycles. The molecule has 1 atom stereocenters. The molecule has 0 aromatic rings. The van der Waals surface area contributed by atoms with Gasteiger partial charge in [0.1, 0.15) is 0 Å². The van der Waals surface area contributed by atoms with Crippen molar-refractivity contribution in [3.05, 3.63) is 0 Å². The topological polar surface area (TPSA) is 39.1 Å². The average Bonchev–Trinajstić information content (AvgIpc) is 3.04. The summed E-state index contributed by atoms with van der Waals surface area (Å²) < 4.78 is 0. The zero-order chi connectivity index (χ0) is 9.80. The Morgan fingerprint density at radius 1 is 1.29 bits per heavy atom. The molecule has 0 aromatic carbocycles. The number of piperidine rings is 1. The number of hydrogen-bond acceptors (Lipinski definition) is 3. The fourth-order valence-corrected chi connectivity index (χ4v) is 2.37. The first-order chi connectivity index (χ1) is 6.92. The maximum atomic E-state index is 8.62. The molecule has 0 spiro atoms. The molecule has 0 bridgehead atoms. The van der Waals surface area contributed by atoms with Gasteiger partial charge in [0.15, 0.2) is 0 Å². The van der Waals surface area contributed by atoms with Crippen LogP contribution >= 0.6 is 0 Å². The molecule has 1 heterocycles. The molecule has 14 heavy (non-hydrogen) atoms. The average molecular weight is 193 g/mol. The predicted octanol–water partition coefficient (Wildman–Crippen LogP) is 1.12. The van der Waals surface area contributed by atoms with Gasteiger partial charge in [0, 0.05) is 31.6 Å². The highest BCUT2D eigenvalue weighted by Gasteiger charge is 2.33. The summed E-state index contributed by atoms with van der Waals surface area (Å²) in [6.45, 7) is 3.28. The Morgan fingerprint density at radius 2 is 2.14 bits per heavy atom. The van der Waals surface area contributed by atoms with Gasteiger partial charge in [-0.3, -0.25) is 4.90 Å². The fourth-order valence-electron chi connectivity index (χ4n) is 2.37. The van der Waals surface area contributed by atoms with Crippen molar-refractivity contribution in [2.45, 2.75) is 44.2 Å². The Balaban J connectivity index is 1.84.